The molecule has 0 bridgehead atoms. The predicted molar refractivity (Wildman–Crippen MR) is 50.6 cm³/mol. The van der Waals surface area contributed by atoms with E-state index in [0.717, 1.165) is 11.1 Å². The zero-order chi connectivity index (χ0) is 9.64. The van der Waals surface area contributed by atoms with E-state index in [9.17, 15) is 8.42 Å². The molecule has 0 aliphatic carbocycles. The van der Waals surface area contributed by atoms with Crippen molar-refractivity contribution >= 4 is 15.7 Å². The molecule has 0 saturated carbocycles. The maximum Gasteiger partial charge on any atom is 0.283 e. The average Bonchev–Trinajstić information content (AvgIpc) is 2.24. The SMILES string of the molecule is CC1=NS(=O)(=O)c2cccc(C)c21. The number of fused-ring (bicyclic) bond motifs is 1. The lowest BCUT2D eigenvalue weighted by molar-refractivity contribution is 0.599. The van der Waals surface area contributed by atoms with Crippen LogP contribution in [0.15, 0.2) is 27.5 Å². The van der Waals surface area contributed by atoms with E-state index in [1.165, 1.54) is 0 Å². The highest BCUT2D eigenvalue weighted by Crippen LogP contribution is 2.28. The van der Waals surface area contributed by atoms with E-state index >= 15 is 0 Å². The van der Waals surface area contributed by atoms with Crippen LogP contribution in [0.2, 0.25) is 0 Å². The summed E-state index contributed by atoms with van der Waals surface area (Å²) in [4.78, 5) is 0.338. The summed E-state index contributed by atoms with van der Waals surface area (Å²) in [5.41, 5.74) is 2.32. The summed E-state index contributed by atoms with van der Waals surface area (Å²) in [6, 6.07) is 5.22. The molecule has 1 aliphatic heterocycles. The lowest BCUT2D eigenvalue weighted by Crippen LogP contribution is -1.96. The van der Waals surface area contributed by atoms with Crippen LogP contribution >= 0.6 is 0 Å². The van der Waals surface area contributed by atoms with E-state index in [-0.39, 0.29) is 0 Å². The predicted octanol–water partition coefficient (Wildman–Crippen LogP) is 1.51. The molecule has 0 atom stereocenters. The van der Waals surface area contributed by atoms with Gasteiger partial charge in [0.05, 0.1) is 10.6 Å². The Bertz CT molecular complexity index is 500. The smallest absolute Gasteiger partial charge is 0.199 e. The van der Waals surface area contributed by atoms with Gasteiger partial charge in [0.15, 0.2) is 0 Å². The Labute approximate surface area is 77.2 Å². The van der Waals surface area contributed by atoms with Gasteiger partial charge in [-0.1, -0.05) is 12.1 Å². The van der Waals surface area contributed by atoms with Crippen molar-refractivity contribution in [3.05, 3.63) is 29.3 Å². The van der Waals surface area contributed by atoms with Gasteiger partial charge in [-0.25, -0.2) is 0 Å². The van der Waals surface area contributed by atoms with Crippen LogP contribution in [-0.4, -0.2) is 14.1 Å². The Kier molecular flexibility index (Phi) is 1.57. The minimum atomic E-state index is -3.39. The van der Waals surface area contributed by atoms with Gasteiger partial charge in [0, 0.05) is 5.56 Å². The van der Waals surface area contributed by atoms with Gasteiger partial charge in [-0.15, -0.1) is 0 Å². The maximum atomic E-state index is 11.4. The molecule has 1 aliphatic rings. The number of rotatable bonds is 0. The molecule has 3 nitrogen and oxygen atoms in total. The van der Waals surface area contributed by atoms with Crippen molar-refractivity contribution < 1.29 is 8.42 Å². The van der Waals surface area contributed by atoms with Crippen molar-refractivity contribution in [1.82, 2.24) is 0 Å². The lowest BCUT2D eigenvalue weighted by atomic mass is 10.1. The number of hydrogen-bond donors (Lipinski definition) is 0. The second-order valence-electron chi connectivity index (χ2n) is 3.10. The first-order chi connectivity index (χ1) is 6.02. The minimum Gasteiger partial charge on any atom is -0.199 e. The van der Waals surface area contributed by atoms with Crippen LogP contribution in [0.5, 0.6) is 0 Å². The molecule has 1 aromatic rings. The molecule has 0 spiro atoms. The second-order valence-corrected chi connectivity index (χ2v) is 4.67. The summed E-state index contributed by atoms with van der Waals surface area (Å²) in [6.07, 6.45) is 0. The van der Waals surface area contributed by atoms with Crippen molar-refractivity contribution in [3.63, 3.8) is 0 Å². The largest absolute Gasteiger partial charge is 0.283 e. The molecular formula is C9H9NO2S. The standard InChI is InChI=1S/C9H9NO2S/c1-6-4-3-5-8-9(6)7(2)10-13(8,11)12/h3-5H,1-2H3. The molecule has 0 amide bonds. The number of benzene rings is 1. The molecule has 0 aromatic heterocycles. The Hall–Kier alpha value is -1.16. The molecule has 4 heteroatoms. The van der Waals surface area contributed by atoms with E-state index < -0.39 is 10.0 Å². The van der Waals surface area contributed by atoms with Crippen LogP contribution in [0.1, 0.15) is 18.1 Å². The molecule has 1 heterocycles. The third-order valence-corrected chi connectivity index (χ3v) is 3.54. The van der Waals surface area contributed by atoms with Crippen molar-refractivity contribution in [1.29, 1.82) is 0 Å². The Balaban J connectivity index is 2.90. The van der Waals surface area contributed by atoms with Gasteiger partial charge in [-0.3, -0.25) is 0 Å². The highest BCUT2D eigenvalue weighted by Gasteiger charge is 2.26. The number of sulfonamides is 1. The molecule has 2 rings (SSSR count). The van der Waals surface area contributed by atoms with Gasteiger partial charge in [-0.05, 0) is 25.5 Å². The number of aryl methyl sites for hydroxylation is 1. The summed E-state index contributed by atoms with van der Waals surface area (Å²) in [6.45, 7) is 3.61. The fourth-order valence-corrected chi connectivity index (χ4v) is 2.96. The first-order valence-electron chi connectivity index (χ1n) is 3.94. The molecule has 13 heavy (non-hydrogen) atoms. The first kappa shape index (κ1) is 8.44. The normalized spacial score (nSPS) is 18.2. The third-order valence-electron chi connectivity index (χ3n) is 2.13. The minimum absolute atomic E-state index is 0.338. The monoisotopic (exact) mass is 195 g/mol. The van der Waals surface area contributed by atoms with Gasteiger partial charge in [0.1, 0.15) is 0 Å². The van der Waals surface area contributed by atoms with Crippen molar-refractivity contribution in [2.24, 2.45) is 4.40 Å². The highest BCUT2D eigenvalue weighted by molar-refractivity contribution is 7.90. The zero-order valence-electron chi connectivity index (χ0n) is 7.40. The molecule has 0 N–H and O–H groups in total. The van der Waals surface area contributed by atoms with Crippen LogP contribution in [0.4, 0.5) is 0 Å². The van der Waals surface area contributed by atoms with Crippen LogP contribution in [0.3, 0.4) is 0 Å². The lowest BCUT2D eigenvalue weighted by Gasteiger charge is -2.00. The van der Waals surface area contributed by atoms with Crippen molar-refractivity contribution in [3.8, 4) is 0 Å². The fourth-order valence-electron chi connectivity index (χ4n) is 1.59. The van der Waals surface area contributed by atoms with Crippen molar-refractivity contribution in [2.75, 3.05) is 0 Å². The Morgan fingerprint density at radius 2 is 1.92 bits per heavy atom. The Morgan fingerprint density at radius 3 is 2.54 bits per heavy atom. The topological polar surface area (TPSA) is 46.5 Å². The molecule has 0 unspecified atom stereocenters. The van der Waals surface area contributed by atoms with Gasteiger partial charge < -0.3 is 0 Å². The summed E-state index contributed by atoms with van der Waals surface area (Å²) < 4.78 is 26.5. The van der Waals surface area contributed by atoms with Gasteiger partial charge in [-0.2, -0.15) is 12.8 Å². The molecule has 0 radical (unpaired) electrons. The quantitative estimate of drug-likeness (QED) is 0.630. The maximum absolute atomic E-state index is 11.4. The summed E-state index contributed by atoms with van der Waals surface area (Å²) in [5, 5.41) is 0. The number of nitrogens with zero attached hydrogens (tertiary/aromatic N) is 1. The molecule has 0 fully saturated rings. The van der Waals surface area contributed by atoms with E-state index in [1.807, 2.05) is 13.0 Å². The third kappa shape index (κ3) is 1.09. The van der Waals surface area contributed by atoms with Crippen LogP contribution in [0, 0.1) is 6.92 Å². The first-order valence-corrected chi connectivity index (χ1v) is 5.38. The number of hydrogen-bond acceptors (Lipinski definition) is 2. The average molecular weight is 195 g/mol. The second kappa shape index (κ2) is 2.42. The Morgan fingerprint density at radius 1 is 1.23 bits per heavy atom. The van der Waals surface area contributed by atoms with E-state index in [4.69, 9.17) is 0 Å². The van der Waals surface area contributed by atoms with Crippen LogP contribution < -0.4 is 0 Å². The zero-order valence-corrected chi connectivity index (χ0v) is 8.22. The van der Waals surface area contributed by atoms with Gasteiger partial charge in [0.2, 0.25) is 0 Å². The van der Waals surface area contributed by atoms with Crippen LogP contribution in [0.25, 0.3) is 0 Å². The van der Waals surface area contributed by atoms with Gasteiger partial charge >= 0.3 is 0 Å². The van der Waals surface area contributed by atoms with E-state index in [0.29, 0.717) is 10.6 Å². The molecule has 0 saturated heterocycles. The van der Waals surface area contributed by atoms with E-state index in [1.54, 1.807) is 19.1 Å². The molecule has 68 valence electrons. The highest BCUT2D eigenvalue weighted by atomic mass is 32.2. The summed E-state index contributed by atoms with van der Waals surface area (Å²) >= 11 is 0. The molecule has 1 aromatic carbocycles. The fraction of sp³-hybridized carbons (Fsp3) is 0.222. The van der Waals surface area contributed by atoms with Gasteiger partial charge in [0.25, 0.3) is 10.0 Å². The van der Waals surface area contributed by atoms with Crippen LogP contribution in [-0.2, 0) is 10.0 Å². The summed E-state index contributed by atoms with van der Waals surface area (Å²) in [5.74, 6) is 0. The summed E-state index contributed by atoms with van der Waals surface area (Å²) in [7, 11) is -3.39. The van der Waals surface area contributed by atoms with Crippen molar-refractivity contribution in [2.45, 2.75) is 18.7 Å². The molecular weight excluding hydrogens is 186 g/mol. The van der Waals surface area contributed by atoms with E-state index in [2.05, 4.69) is 4.40 Å².